The molecule has 1 aromatic heterocycles. The third kappa shape index (κ3) is 2.31. The van der Waals surface area contributed by atoms with Crippen LogP contribution in [-0.2, 0) is 6.54 Å². The summed E-state index contributed by atoms with van der Waals surface area (Å²) in [6, 6.07) is 9.51. The Hall–Kier alpha value is -2.01. The van der Waals surface area contributed by atoms with Gasteiger partial charge in [-0.2, -0.15) is 5.10 Å². The molecule has 0 aliphatic carbocycles. The summed E-state index contributed by atoms with van der Waals surface area (Å²) in [5.41, 5.74) is 0.774. The third-order valence-corrected chi connectivity index (χ3v) is 2.76. The Morgan fingerprint density at radius 1 is 1.44 bits per heavy atom. The van der Waals surface area contributed by atoms with Crippen molar-refractivity contribution < 1.29 is 14.6 Å². The van der Waals surface area contributed by atoms with Crippen LogP contribution in [0.2, 0.25) is 5.02 Å². The molecule has 0 saturated heterocycles. The Morgan fingerprint density at radius 2 is 2.11 bits per heavy atom. The van der Waals surface area contributed by atoms with E-state index in [4.69, 9.17) is 21.4 Å². The predicted octanol–water partition coefficient (Wildman–Crippen LogP) is 2.29. The molecule has 0 atom stereocenters. The van der Waals surface area contributed by atoms with Gasteiger partial charge in [-0.1, -0.05) is 41.9 Å². The molecule has 0 bridgehead atoms. The van der Waals surface area contributed by atoms with Crippen molar-refractivity contribution in [2.75, 3.05) is 7.11 Å². The highest BCUT2D eigenvalue weighted by atomic mass is 35.5. The zero-order chi connectivity index (χ0) is 13.1. The van der Waals surface area contributed by atoms with Gasteiger partial charge < -0.3 is 9.84 Å². The normalized spacial score (nSPS) is 10.3. The lowest BCUT2D eigenvalue weighted by molar-refractivity contribution is 0.0689. The van der Waals surface area contributed by atoms with Crippen LogP contribution >= 0.6 is 11.6 Å². The molecule has 0 aliphatic rings. The van der Waals surface area contributed by atoms with Gasteiger partial charge in [0.25, 0.3) is 0 Å². The molecule has 18 heavy (non-hydrogen) atoms. The third-order valence-electron chi connectivity index (χ3n) is 2.42. The van der Waals surface area contributed by atoms with Crippen molar-refractivity contribution >= 4 is 17.6 Å². The van der Waals surface area contributed by atoms with E-state index in [1.165, 1.54) is 11.8 Å². The highest BCUT2D eigenvalue weighted by Gasteiger charge is 2.21. The van der Waals surface area contributed by atoms with Crippen molar-refractivity contribution in [2.45, 2.75) is 6.54 Å². The first kappa shape index (κ1) is 12.4. The summed E-state index contributed by atoms with van der Waals surface area (Å²) in [6.45, 7) is 0.400. The Kier molecular flexibility index (Phi) is 3.53. The van der Waals surface area contributed by atoms with Crippen LogP contribution in [0.4, 0.5) is 0 Å². The minimum atomic E-state index is -1.18. The van der Waals surface area contributed by atoms with E-state index in [9.17, 15) is 4.79 Å². The number of carboxylic acid groups (broad SMARTS) is 1. The molecule has 2 aromatic rings. The summed E-state index contributed by atoms with van der Waals surface area (Å²) < 4.78 is 6.52. The zero-order valence-electron chi connectivity index (χ0n) is 9.63. The fourth-order valence-corrected chi connectivity index (χ4v) is 1.91. The van der Waals surface area contributed by atoms with Crippen LogP contribution in [0.25, 0.3) is 0 Å². The average molecular weight is 267 g/mol. The van der Waals surface area contributed by atoms with Crippen molar-refractivity contribution in [1.82, 2.24) is 9.78 Å². The monoisotopic (exact) mass is 266 g/mol. The molecule has 0 unspecified atom stereocenters. The molecule has 0 radical (unpaired) electrons. The molecule has 5 nitrogen and oxygen atoms in total. The Balaban J connectivity index is 2.39. The Labute approximate surface area is 109 Å². The Morgan fingerprint density at radius 3 is 2.67 bits per heavy atom. The molecular formula is C12H11ClN2O3. The van der Waals surface area contributed by atoms with Gasteiger partial charge >= 0.3 is 5.97 Å². The summed E-state index contributed by atoms with van der Waals surface area (Å²) in [5, 5.41) is 12.9. The number of carbonyl (C=O) groups is 1. The molecule has 0 amide bonds. The number of carboxylic acids is 1. The van der Waals surface area contributed by atoms with Gasteiger partial charge in [0.1, 0.15) is 5.02 Å². The van der Waals surface area contributed by atoms with Gasteiger partial charge in [-0.15, -0.1) is 0 Å². The lowest BCUT2D eigenvalue weighted by Gasteiger charge is -2.05. The van der Waals surface area contributed by atoms with Crippen LogP contribution in [0, 0.1) is 0 Å². The number of aromatic nitrogens is 2. The van der Waals surface area contributed by atoms with Crippen molar-refractivity contribution in [1.29, 1.82) is 0 Å². The molecular weight excluding hydrogens is 256 g/mol. The van der Waals surface area contributed by atoms with E-state index in [2.05, 4.69) is 5.10 Å². The number of halogens is 1. The first-order valence-corrected chi connectivity index (χ1v) is 5.58. The first-order chi connectivity index (χ1) is 8.63. The zero-order valence-corrected chi connectivity index (χ0v) is 10.4. The number of rotatable bonds is 4. The minimum absolute atomic E-state index is 0.0148. The standard InChI is InChI=1S/C12H11ClN2O3/c1-18-11-9(13)10(12(16)17)14-15(11)7-8-5-3-2-4-6-8/h2-6H,7H2,1H3,(H,16,17). The molecule has 0 saturated carbocycles. The average Bonchev–Trinajstić information content (AvgIpc) is 2.67. The molecule has 0 spiro atoms. The fraction of sp³-hybridized carbons (Fsp3) is 0.167. The van der Waals surface area contributed by atoms with E-state index >= 15 is 0 Å². The largest absolute Gasteiger partial charge is 0.480 e. The second-order valence-electron chi connectivity index (χ2n) is 3.62. The first-order valence-electron chi connectivity index (χ1n) is 5.21. The molecule has 1 N–H and O–H groups in total. The maximum absolute atomic E-state index is 10.9. The van der Waals surface area contributed by atoms with E-state index in [0.717, 1.165) is 5.56 Å². The number of aromatic carboxylic acids is 1. The van der Waals surface area contributed by atoms with Crippen LogP contribution in [-0.4, -0.2) is 28.0 Å². The van der Waals surface area contributed by atoms with Gasteiger partial charge in [-0.05, 0) is 5.56 Å². The van der Waals surface area contributed by atoms with E-state index in [1.54, 1.807) is 0 Å². The number of ether oxygens (including phenoxy) is 1. The van der Waals surface area contributed by atoms with Crippen LogP contribution in [0.5, 0.6) is 5.88 Å². The number of benzene rings is 1. The summed E-state index contributed by atoms with van der Waals surface area (Å²) in [4.78, 5) is 10.9. The molecule has 6 heteroatoms. The van der Waals surface area contributed by atoms with Crippen LogP contribution in [0.3, 0.4) is 0 Å². The second-order valence-corrected chi connectivity index (χ2v) is 4.00. The summed E-state index contributed by atoms with van der Waals surface area (Å²) >= 11 is 5.90. The Bertz CT molecular complexity index is 566. The van der Waals surface area contributed by atoms with Crippen molar-refractivity contribution in [3.05, 3.63) is 46.6 Å². The van der Waals surface area contributed by atoms with E-state index < -0.39 is 5.97 Å². The SMILES string of the molecule is COc1c(Cl)c(C(=O)O)nn1Cc1ccccc1. The molecule has 94 valence electrons. The topological polar surface area (TPSA) is 64.3 Å². The van der Waals surface area contributed by atoms with Gasteiger partial charge in [-0.25, -0.2) is 9.48 Å². The van der Waals surface area contributed by atoms with Gasteiger partial charge in [0.15, 0.2) is 5.69 Å². The predicted molar refractivity (Wildman–Crippen MR) is 66.3 cm³/mol. The maximum Gasteiger partial charge on any atom is 0.358 e. The van der Waals surface area contributed by atoms with Gasteiger partial charge in [0, 0.05) is 0 Å². The van der Waals surface area contributed by atoms with E-state index in [0.29, 0.717) is 6.54 Å². The summed E-state index contributed by atoms with van der Waals surface area (Å²) in [7, 11) is 1.43. The summed E-state index contributed by atoms with van der Waals surface area (Å²) in [6.07, 6.45) is 0. The quantitative estimate of drug-likeness (QED) is 0.922. The number of nitrogens with zero attached hydrogens (tertiary/aromatic N) is 2. The highest BCUT2D eigenvalue weighted by Crippen LogP contribution is 2.28. The molecule has 0 fully saturated rings. The van der Waals surface area contributed by atoms with Crippen molar-refractivity contribution in [3.63, 3.8) is 0 Å². The molecule has 1 heterocycles. The van der Waals surface area contributed by atoms with Gasteiger partial charge in [-0.3, -0.25) is 0 Å². The van der Waals surface area contributed by atoms with Crippen LogP contribution < -0.4 is 4.74 Å². The second kappa shape index (κ2) is 5.10. The number of methoxy groups -OCH3 is 1. The number of hydrogen-bond acceptors (Lipinski definition) is 3. The summed E-state index contributed by atoms with van der Waals surface area (Å²) in [5.74, 6) is -0.928. The van der Waals surface area contributed by atoms with Gasteiger partial charge in [0.05, 0.1) is 13.7 Å². The highest BCUT2D eigenvalue weighted by molar-refractivity contribution is 6.34. The maximum atomic E-state index is 10.9. The smallest absolute Gasteiger partial charge is 0.358 e. The van der Waals surface area contributed by atoms with Crippen molar-refractivity contribution in [3.8, 4) is 5.88 Å². The van der Waals surface area contributed by atoms with E-state index in [1.807, 2.05) is 30.3 Å². The fourth-order valence-electron chi connectivity index (χ4n) is 1.62. The lowest BCUT2D eigenvalue weighted by atomic mass is 10.2. The molecule has 1 aromatic carbocycles. The van der Waals surface area contributed by atoms with Gasteiger partial charge in [0.2, 0.25) is 5.88 Å². The molecule has 2 rings (SSSR count). The van der Waals surface area contributed by atoms with Crippen LogP contribution in [0.15, 0.2) is 30.3 Å². The minimum Gasteiger partial charge on any atom is -0.480 e. The van der Waals surface area contributed by atoms with E-state index in [-0.39, 0.29) is 16.6 Å². The van der Waals surface area contributed by atoms with Crippen molar-refractivity contribution in [2.24, 2.45) is 0 Å². The number of hydrogen-bond donors (Lipinski definition) is 1. The lowest BCUT2D eigenvalue weighted by Crippen LogP contribution is -2.05. The van der Waals surface area contributed by atoms with Crippen LogP contribution in [0.1, 0.15) is 16.1 Å². The molecule has 0 aliphatic heterocycles.